The zero-order valence-electron chi connectivity index (χ0n) is 11.4. The summed E-state index contributed by atoms with van der Waals surface area (Å²) >= 11 is 1.46. The van der Waals surface area contributed by atoms with Gasteiger partial charge < -0.3 is 4.42 Å². The van der Waals surface area contributed by atoms with Gasteiger partial charge in [-0.2, -0.15) is 5.26 Å². The van der Waals surface area contributed by atoms with Crippen molar-refractivity contribution in [2.45, 2.75) is 5.03 Å². The molecule has 0 aliphatic heterocycles. The van der Waals surface area contributed by atoms with Crippen LogP contribution >= 0.6 is 11.8 Å². The molecule has 0 aliphatic rings. The fourth-order valence-corrected chi connectivity index (χ4v) is 2.71. The fourth-order valence-electron chi connectivity index (χ4n) is 2.16. The van der Waals surface area contributed by atoms with Crippen LogP contribution in [0.4, 0.5) is 0 Å². The molecule has 3 nitrogen and oxygen atoms in total. The van der Waals surface area contributed by atoms with Crippen molar-refractivity contribution in [3.8, 4) is 28.7 Å². The molecule has 0 spiro atoms. The van der Waals surface area contributed by atoms with E-state index in [2.05, 4.69) is 11.1 Å². The van der Waals surface area contributed by atoms with Gasteiger partial charge in [0.15, 0.2) is 0 Å². The minimum Gasteiger partial charge on any atom is -0.464 e. The number of thioether (sulfide) groups is 1. The molecule has 0 saturated carbocycles. The first-order valence-corrected chi connectivity index (χ1v) is 7.64. The Balaban J connectivity index is 2.26. The Morgan fingerprint density at radius 2 is 1.95 bits per heavy atom. The monoisotopic (exact) mass is 292 g/mol. The molecule has 0 N–H and O–H groups in total. The standard InChI is InChI=1S/C17H12N2OS/c1-21-17-14(11-18)13(16-8-5-9-20-16)10-15(19-17)12-6-3-2-4-7-12/h2-10H,1H3. The van der Waals surface area contributed by atoms with Gasteiger partial charge in [0.2, 0.25) is 0 Å². The number of hydrogen-bond acceptors (Lipinski definition) is 4. The van der Waals surface area contributed by atoms with E-state index in [4.69, 9.17) is 4.42 Å². The number of aromatic nitrogens is 1. The van der Waals surface area contributed by atoms with Crippen molar-refractivity contribution in [1.29, 1.82) is 5.26 Å². The molecular weight excluding hydrogens is 280 g/mol. The van der Waals surface area contributed by atoms with Crippen molar-refractivity contribution < 1.29 is 4.42 Å². The second-order valence-corrected chi connectivity index (χ2v) is 5.19. The van der Waals surface area contributed by atoms with Gasteiger partial charge >= 0.3 is 0 Å². The van der Waals surface area contributed by atoms with E-state index in [1.807, 2.05) is 54.8 Å². The van der Waals surface area contributed by atoms with E-state index >= 15 is 0 Å². The van der Waals surface area contributed by atoms with Gasteiger partial charge in [-0.05, 0) is 24.5 Å². The van der Waals surface area contributed by atoms with Gasteiger partial charge in [-0.1, -0.05) is 30.3 Å². The lowest BCUT2D eigenvalue weighted by Crippen LogP contribution is -1.94. The molecule has 0 saturated heterocycles. The first-order chi connectivity index (χ1) is 10.3. The van der Waals surface area contributed by atoms with Gasteiger partial charge in [-0.3, -0.25) is 0 Å². The Kier molecular flexibility index (Phi) is 3.76. The highest BCUT2D eigenvalue weighted by Gasteiger charge is 2.16. The Hall–Kier alpha value is -2.51. The largest absolute Gasteiger partial charge is 0.464 e. The van der Waals surface area contributed by atoms with Crippen LogP contribution in [-0.2, 0) is 0 Å². The van der Waals surface area contributed by atoms with Gasteiger partial charge in [-0.15, -0.1) is 11.8 Å². The lowest BCUT2D eigenvalue weighted by Gasteiger charge is -2.09. The molecule has 1 aromatic carbocycles. The lowest BCUT2D eigenvalue weighted by molar-refractivity contribution is 0.582. The molecule has 4 heteroatoms. The molecule has 2 heterocycles. The quantitative estimate of drug-likeness (QED) is 0.662. The first kappa shape index (κ1) is 13.5. The second kappa shape index (κ2) is 5.86. The smallest absolute Gasteiger partial charge is 0.135 e. The molecular formula is C17H12N2OS. The molecule has 0 unspecified atom stereocenters. The molecule has 3 rings (SSSR count). The van der Waals surface area contributed by atoms with E-state index in [0.29, 0.717) is 16.3 Å². The molecule has 21 heavy (non-hydrogen) atoms. The lowest BCUT2D eigenvalue weighted by atomic mass is 10.0. The summed E-state index contributed by atoms with van der Waals surface area (Å²) in [6.45, 7) is 0. The van der Waals surface area contributed by atoms with Crippen LogP contribution in [0.25, 0.3) is 22.6 Å². The topological polar surface area (TPSA) is 49.8 Å². The maximum Gasteiger partial charge on any atom is 0.135 e. The summed E-state index contributed by atoms with van der Waals surface area (Å²) in [6, 6.07) is 17.7. The highest BCUT2D eigenvalue weighted by Crippen LogP contribution is 2.33. The molecule has 0 radical (unpaired) electrons. The Bertz CT molecular complexity index is 790. The molecule has 0 atom stereocenters. The molecule has 102 valence electrons. The van der Waals surface area contributed by atoms with E-state index < -0.39 is 0 Å². The maximum atomic E-state index is 9.45. The molecule has 0 fully saturated rings. The summed E-state index contributed by atoms with van der Waals surface area (Å²) in [6.07, 6.45) is 3.53. The van der Waals surface area contributed by atoms with Gasteiger partial charge in [-0.25, -0.2) is 4.98 Å². The molecule has 0 aliphatic carbocycles. The Morgan fingerprint density at radius 3 is 2.57 bits per heavy atom. The summed E-state index contributed by atoms with van der Waals surface area (Å²) in [4.78, 5) is 4.60. The third-order valence-corrected chi connectivity index (χ3v) is 3.83. The normalized spacial score (nSPS) is 10.3. The summed E-state index contributed by atoms with van der Waals surface area (Å²) in [5.41, 5.74) is 3.19. The molecule has 2 aromatic heterocycles. The van der Waals surface area contributed by atoms with Crippen LogP contribution in [0.15, 0.2) is 64.2 Å². The van der Waals surface area contributed by atoms with Gasteiger partial charge in [0.25, 0.3) is 0 Å². The van der Waals surface area contributed by atoms with Crippen molar-refractivity contribution in [2.24, 2.45) is 0 Å². The van der Waals surface area contributed by atoms with Gasteiger partial charge in [0.1, 0.15) is 16.9 Å². The van der Waals surface area contributed by atoms with E-state index in [-0.39, 0.29) is 0 Å². The number of pyridine rings is 1. The van der Waals surface area contributed by atoms with Crippen molar-refractivity contribution in [3.05, 3.63) is 60.4 Å². The van der Waals surface area contributed by atoms with Gasteiger partial charge in [0, 0.05) is 11.1 Å². The summed E-state index contributed by atoms with van der Waals surface area (Å²) < 4.78 is 5.46. The number of rotatable bonds is 3. The van der Waals surface area contributed by atoms with Crippen LogP contribution in [-0.4, -0.2) is 11.2 Å². The molecule has 0 bridgehead atoms. The van der Waals surface area contributed by atoms with Crippen LogP contribution in [0.3, 0.4) is 0 Å². The third kappa shape index (κ3) is 2.56. The fraction of sp³-hybridized carbons (Fsp3) is 0.0588. The van der Waals surface area contributed by atoms with Crippen LogP contribution < -0.4 is 0 Å². The van der Waals surface area contributed by atoms with Crippen LogP contribution in [0, 0.1) is 11.3 Å². The highest BCUT2D eigenvalue weighted by molar-refractivity contribution is 7.98. The molecule has 0 amide bonds. The minimum atomic E-state index is 0.553. The number of benzene rings is 1. The average molecular weight is 292 g/mol. The zero-order chi connectivity index (χ0) is 14.7. The Morgan fingerprint density at radius 1 is 1.14 bits per heavy atom. The van der Waals surface area contributed by atoms with Crippen molar-refractivity contribution in [1.82, 2.24) is 4.98 Å². The number of nitriles is 1. The zero-order valence-corrected chi connectivity index (χ0v) is 12.2. The van der Waals surface area contributed by atoms with Crippen molar-refractivity contribution in [3.63, 3.8) is 0 Å². The van der Waals surface area contributed by atoms with Gasteiger partial charge in [0.05, 0.1) is 17.5 Å². The minimum absolute atomic E-state index is 0.553. The SMILES string of the molecule is CSc1nc(-c2ccccc2)cc(-c2ccco2)c1C#N. The summed E-state index contributed by atoms with van der Waals surface area (Å²) in [7, 11) is 0. The summed E-state index contributed by atoms with van der Waals surface area (Å²) in [5.74, 6) is 0.682. The summed E-state index contributed by atoms with van der Waals surface area (Å²) in [5, 5.41) is 10.2. The maximum absolute atomic E-state index is 9.45. The third-order valence-electron chi connectivity index (χ3n) is 3.15. The Labute approximate surface area is 127 Å². The molecule has 3 aromatic rings. The van der Waals surface area contributed by atoms with Crippen molar-refractivity contribution in [2.75, 3.05) is 6.26 Å². The second-order valence-electron chi connectivity index (χ2n) is 4.39. The van der Waals surface area contributed by atoms with E-state index in [1.165, 1.54) is 11.8 Å². The van der Waals surface area contributed by atoms with Crippen molar-refractivity contribution >= 4 is 11.8 Å². The number of hydrogen-bond donors (Lipinski definition) is 0. The van der Waals surface area contributed by atoms with Crippen LogP contribution in [0.2, 0.25) is 0 Å². The predicted octanol–water partition coefficient (Wildman–Crippen LogP) is 4.60. The van der Waals surface area contributed by atoms with Crippen LogP contribution in [0.5, 0.6) is 0 Å². The number of furan rings is 1. The first-order valence-electron chi connectivity index (χ1n) is 6.42. The highest BCUT2D eigenvalue weighted by atomic mass is 32.2. The van der Waals surface area contributed by atoms with E-state index in [1.54, 1.807) is 6.26 Å². The van der Waals surface area contributed by atoms with E-state index in [9.17, 15) is 5.26 Å². The predicted molar refractivity (Wildman–Crippen MR) is 83.9 cm³/mol. The number of nitrogens with zero attached hydrogens (tertiary/aromatic N) is 2. The van der Waals surface area contributed by atoms with Crippen LogP contribution in [0.1, 0.15) is 5.56 Å². The average Bonchev–Trinajstić information content (AvgIpc) is 3.08. The van der Waals surface area contributed by atoms with E-state index in [0.717, 1.165) is 16.8 Å².